The van der Waals surface area contributed by atoms with E-state index in [9.17, 15) is 0 Å². The number of halogens is 1. The fourth-order valence-corrected chi connectivity index (χ4v) is 4.57. The van der Waals surface area contributed by atoms with Gasteiger partial charge < -0.3 is 20.1 Å². The van der Waals surface area contributed by atoms with Crippen LogP contribution in [0.3, 0.4) is 0 Å². The minimum atomic E-state index is 0.0569. The summed E-state index contributed by atoms with van der Waals surface area (Å²) in [6.45, 7) is 5.35. The highest BCUT2D eigenvalue weighted by Gasteiger charge is 2.40. The second kappa shape index (κ2) is 8.87. The lowest BCUT2D eigenvalue weighted by Crippen LogP contribution is -2.62. The number of nitrogens with zero attached hydrogens (tertiary/aromatic N) is 4. The molecule has 0 radical (unpaired) electrons. The van der Waals surface area contributed by atoms with Crippen LogP contribution in [0.1, 0.15) is 18.9 Å². The van der Waals surface area contributed by atoms with Gasteiger partial charge in [0.05, 0.1) is 18.8 Å². The van der Waals surface area contributed by atoms with Crippen molar-refractivity contribution < 1.29 is 9.47 Å². The highest BCUT2D eigenvalue weighted by molar-refractivity contribution is 6.30. The summed E-state index contributed by atoms with van der Waals surface area (Å²) in [5, 5.41) is 7.68. The number of ether oxygens (including phenoxy) is 2. The molecular weight excluding hydrogens is 392 g/mol. The van der Waals surface area contributed by atoms with E-state index in [0.29, 0.717) is 24.0 Å². The van der Waals surface area contributed by atoms with Gasteiger partial charge in [0.15, 0.2) is 0 Å². The lowest BCUT2D eigenvalue weighted by atomic mass is 9.94. The lowest BCUT2D eigenvalue weighted by molar-refractivity contribution is -0.101. The van der Waals surface area contributed by atoms with Gasteiger partial charge in [0.25, 0.3) is 0 Å². The number of nitrogens with two attached hydrogens (primary N) is 1. The number of benzene rings is 1. The molecule has 0 amide bonds. The number of rotatable bonds is 5. The molecule has 1 aromatic carbocycles. The third kappa shape index (κ3) is 4.66. The fourth-order valence-electron chi connectivity index (χ4n) is 4.45. The van der Waals surface area contributed by atoms with Crippen molar-refractivity contribution in [1.82, 2.24) is 20.1 Å². The maximum Gasteiger partial charge on any atom is 0.246 e. The molecule has 2 aliphatic heterocycles. The molecule has 0 aliphatic carbocycles. The van der Waals surface area contributed by atoms with Gasteiger partial charge in [-0.2, -0.15) is 4.98 Å². The maximum absolute atomic E-state index is 6.05. The summed E-state index contributed by atoms with van der Waals surface area (Å²) < 4.78 is 11.9. The topological polar surface area (TPSA) is 92.5 Å². The number of nitrogen functional groups attached to an aromatic ring is 1. The van der Waals surface area contributed by atoms with E-state index >= 15 is 0 Å². The molecule has 2 fully saturated rings. The number of hydrogen-bond acceptors (Lipinski definition) is 7. The van der Waals surface area contributed by atoms with Crippen LogP contribution >= 0.6 is 11.6 Å². The SMILES string of the molecule is COC1CN(c2n[nH]c(N)n2)CC[C@@H]1N1C[C@H](C)OC[C@@H]1Cc1ccc(Cl)cc1. The van der Waals surface area contributed by atoms with Crippen molar-refractivity contribution >= 4 is 23.5 Å². The Kier molecular flexibility index (Phi) is 6.24. The van der Waals surface area contributed by atoms with Crippen molar-refractivity contribution in [1.29, 1.82) is 0 Å². The molecule has 9 heteroatoms. The van der Waals surface area contributed by atoms with Crippen LogP contribution < -0.4 is 10.6 Å². The second-order valence-electron chi connectivity index (χ2n) is 7.92. The first kappa shape index (κ1) is 20.4. The van der Waals surface area contributed by atoms with Crippen LogP contribution in [-0.2, 0) is 15.9 Å². The molecule has 3 N–H and O–H groups in total. The molecule has 0 spiro atoms. The Morgan fingerprint density at radius 3 is 2.79 bits per heavy atom. The summed E-state index contributed by atoms with van der Waals surface area (Å²) in [5.41, 5.74) is 6.96. The number of hydrogen-bond donors (Lipinski definition) is 2. The molecule has 158 valence electrons. The van der Waals surface area contributed by atoms with Gasteiger partial charge in [0.2, 0.25) is 11.9 Å². The molecule has 8 nitrogen and oxygen atoms in total. The van der Waals surface area contributed by atoms with Gasteiger partial charge in [-0.05, 0) is 37.5 Å². The number of aromatic amines is 1. The average molecular weight is 421 g/mol. The Morgan fingerprint density at radius 2 is 2.10 bits per heavy atom. The maximum atomic E-state index is 6.05. The Hall–Kier alpha value is -1.87. The number of nitrogens with one attached hydrogen (secondary N) is 1. The number of methoxy groups -OCH3 is 1. The Morgan fingerprint density at radius 1 is 1.31 bits per heavy atom. The average Bonchev–Trinajstić information content (AvgIpc) is 3.17. The summed E-state index contributed by atoms with van der Waals surface area (Å²) in [6.07, 6.45) is 2.16. The van der Waals surface area contributed by atoms with Gasteiger partial charge in [0.1, 0.15) is 0 Å². The highest BCUT2D eigenvalue weighted by Crippen LogP contribution is 2.28. The minimum Gasteiger partial charge on any atom is -0.378 e. The van der Waals surface area contributed by atoms with Crippen LogP contribution in [0.5, 0.6) is 0 Å². The predicted octanol–water partition coefficient (Wildman–Crippen LogP) is 1.97. The third-order valence-electron chi connectivity index (χ3n) is 5.92. The van der Waals surface area contributed by atoms with E-state index < -0.39 is 0 Å². The van der Waals surface area contributed by atoms with Crippen LogP contribution in [0, 0.1) is 0 Å². The molecule has 1 aromatic heterocycles. The van der Waals surface area contributed by atoms with Gasteiger partial charge in [-0.3, -0.25) is 4.90 Å². The van der Waals surface area contributed by atoms with Crippen molar-refractivity contribution in [3.63, 3.8) is 0 Å². The number of anilines is 2. The van der Waals surface area contributed by atoms with Crippen molar-refractivity contribution in [2.24, 2.45) is 0 Å². The minimum absolute atomic E-state index is 0.0569. The van der Waals surface area contributed by atoms with Gasteiger partial charge in [-0.25, -0.2) is 5.10 Å². The summed E-state index contributed by atoms with van der Waals surface area (Å²) in [7, 11) is 1.78. The standard InChI is InChI=1S/C20H29ClN6O2/c1-13-10-27(16(12-29-13)9-14-3-5-15(21)6-4-14)17-7-8-26(11-18(17)28-2)20-23-19(22)24-25-20/h3-6,13,16-18H,7-12H2,1-2H3,(H3,22,23,24,25)/t13-,16-,17-,18?/m0/s1. The van der Waals surface area contributed by atoms with Gasteiger partial charge >= 0.3 is 0 Å². The van der Waals surface area contributed by atoms with E-state index in [1.54, 1.807) is 7.11 Å². The zero-order valence-corrected chi connectivity index (χ0v) is 17.7. The summed E-state index contributed by atoms with van der Waals surface area (Å²) in [4.78, 5) is 8.99. The second-order valence-corrected chi connectivity index (χ2v) is 8.36. The number of morpholine rings is 1. The molecule has 2 aliphatic rings. The van der Waals surface area contributed by atoms with Crippen LogP contribution in [0.2, 0.25) is 5.02 Å². The third-order valence-corrected chi connectivity index (χ3v) is 6.17. The summed E-state index contributed by atoms with van der Waals surface area (Å²) in [5.74, 6) is 0.970. The first-order chi connectivity index (χ1) is 14.0. The molecule has 4 rings (SSSR count). The highest BCUT2D eigenvalue weighted by atomic mass is 35.5. The monoisotopic (exact) mass is 420 g/mol. The summed E-state index contributed by atoms with van der Waals surface area (Å²) in [6, 6.07) is 8.72. The van der Waals surface area contributed by atoms with Crippen molar-refractivity contribution in [3.8, 4) is 0 Å². The van der Waals surface area contributed by atoms with E-state index in [-0.39, 0.29) is 12.2 Å². The van der Waals surface area contributed by atoms with Gasteiger partial charge in [-0.1, -0.05) is 23.7 Å². The molecule has 4 atom stereocenters. The van der Waals surface area contributed by atoms with Gasteiger partial charge in [0, 0.05) is 43.9 Å². The Balaban J connectivity index is 1.49. The Labute approximate surface area is 176 Å². The zero-order chi connectivity index (χ0) is 20.4. The van der Waals surface area contributed by atoms with Crippen LogP contribution in [0.25, 0.3) is 0 Å². The molecule has 2 aromatic rings. The largest absolute Gasteiger partial charge is 0.378 e. The van der Waals surface area contributed by atoms with Crippen molar-refractivity contribution in [2.45, 2.75) is 44.1 Å². The zero-order valence-electron chi connectivity index (χ0n) is 16.9. The number of aromatic nitrogens is 3. The lowest BCUT2D eigenvalue weighted by Gasteiger charge is -2.48. The fraction of sp³-hybridized carbons (Fsp3) is 0.600. The van der Waals surface area contributed by atoms with Crippen molar-refractivity contribution in [2.75, 3.05) is 44.0 Å². The summed E-state index contributed by atoms with van der Waals surface area (Å²) >= 11 is 6.05. The molecule has 0 bridgehead atoms. The first-order valence-electron chi connectivity index (χ1n) is 10.1. The van der Waals surface area contributed by atoms with Gasteiger partial charge in [-0.15, -0.1) is 5.10 Å². The van der Waals surface area contributed by atoms with E-state index in [0.717, 1.165) is 44.1 Å². The number of H-pyrrole nitrogens is 1. The normalized spacial score (nSPS) is 28.6. The van der Waals surface area contributed by atoms with E-state index in [1.807, 2.05) is 12.1 Å². The van der Waals surface area contributed by atoms with E-state index in [1.165, 1.54) is 5.56 Å². The van der Waals surface area contributed by atoms with Crippen molar-refractivity contribution in [3.05, 3.63) is 34.9 Å². The van der Waals surface area contributed by atoms with E-state index in [4.69, 9.17) is 26.8 Å². The van der Waals surface area contributed by atoms with Crippen LogP contribution in [0.4, 0.5) is 11.9 Å². The van der Waals surface area contributed by atoms with Crippen LogP contribution in [-0.4, -0.2) is 77.7 Å². The first-order valence-corrected chi connectivity index (χ1v) is 10.5. The molecule has 0 saturated carbocycles. The Bertz CT molecular complexity index is 801. The predicted molar refractivity (Wildman–Crippen MR) is 113 cm³/mol. The number of piperidine rings is 1. The van der Waals surface area contributed by atoms with Crippen LogP contribution in [0.15, 0.2) is 24.3 Å². The molecule has 3 heterocycles. The molecular formula is C20H29ClN6O2. The molecule has 29 heavy (non-hydrogen) atoms. The molecule has 1 unspecified atom stereocenters. The van der Waals surface area contributed by atoms with E-state index in [2.05, 4.69) is 44.0 Å². The quantitative estimate of drug-likeness (QED) is 0.763. The smallest absolute Gasteiger partial charge is 0.246 e. The molecule has 2 saturated heterocycles.